The van der Waals surface area contributed by atoms with Gasteiger partial charge in [0.15, 0.2) is 0 Å². The summed E-state index contributed by atoms with van der Waals surface area (Å²) in [6, 6.07) is 0.140. The second-order valence-electron chi connectivity index (χ2n) is 7.16. The van der Waals surface area contributed by atoms with E-state index in [9.17, 15) is 14.7 Å². The number of amides is 1. The Morgan fingerprint density at radius 1 is 1.14 bits per heavy atom. The largest absolute Gasteiger partial charge is 0.481 e. The first-order chi connectivity index (χ1) is 9.77. The normalized spacial score (nSPS) is 21.4. The van der Waals surface area contributed by atoms with Gasteiger partial charge in [0, 0.05) is 12.5 Å². The Morgan fingerprint density at radius 3 is 2.10 bits per heavy atom. The molecule has 0 spiro atoms. The monoisotopic (exact) mass is 297 g/mol. The third-order valence-corrected chi connectivity index (χ3v) is 5.29. The summed E-state index contributed by atoms with van der Waals surface area (Å²) in [5.41, 5.74) is -0.993. The Kier molecular flexibility index (Phi) is 6.69. The molecule has 2 N–H and O–H groups in total. The summed E-state index contributed by atoms with van der Waals surface area (Å²) in [6.07, 6.45) is 7.46. The van der Waals surface area contributed by atoms with E-state index in [0.717, 1.165) is 0 Å². The summed E-state index contributed by atoms with van der Waals surface area (Å²) < 4.78 is 0. The van der Waals surface area contributed by atoms with Crippen molar-refractivity contribution in [1.82, 2.24) is 5.32 Å². The third-order valence-electron chi connectivity index (χ3n) is 5.29. The zero-order chi connectivity index (χ0) is 16.0. The van der Waals surface area contributed by atoms with Gasteiger partial charge in [-0.15, -0.1) is 0 Å². The van der Waals surface area contributed by atoms with Gasteiger partial charge in [-0.3, -0.25) is 9.59 Å². The Balaban J connectivity index is 2.57. The summed E-state index contributed by atoms with van der Waals surface area (Å²) >= 11 is 0. The molecule has 1 aliphatic carbocycles. The van der Waals surface area contributed by atoms with E-state index in [1.54, 1.807) is 6.92 Å². The molecule has 2 atom stereocenters. The fraction of sp³-hybridized carbons (Fsp3) is 0.882. The minimum Gasteiger partial charge on any atom is -0.481 e. The number of carbonyl (C=O) groups is 2. The van der Waals surface area contributed by atoms with E-state index >= 15 is 0 Å². The lowest BCUT2D eigenvalue weighted by atomic mass is 9.76. The smallest absolute Gasteiger partial charge is 0.310 e. The van der Waals surface area contributed by atoms with Gasteiger partial charge in [0.2, 0.25) is 5.91 Å². The summed E-state index contributed by atoms with van der Waals surface area (Å²) in [4.78, 5) is 23.7. The van der Waals surface area contributed by atoms with Crippen molar-refractivity contribution in [2.45, 2.75) is 78.7 Å². The van der Waals surface area contributed by atoms with Gasteiger partial charge in [-0.25, -0.2) is 0 Å². The van der Waals surface area contributed by atoms with Crippen molar-refractivity contribution in [1.29, 1.82) is 0 Å². The highest BCUT2D eigenvalue weighted by Crippen LogP contribution is 2.32. The van der Waals surface area contributed by atoms with Crippen LogP contribution in [-0.2, 0) is 9.59 Å². The molecule has 0 aliphatic heterocycles. The summed E-state index contributed by atoms with van der Waals surface area (Å²) in [5, 5.41) is 12.4. The second-order valence-corrected chi connectivity index (χ2v) is 7.16. The van der Waals surface area contributed by atoms with Crippen LogP contribution in [0.3, 0.4) is 0 Å². The van der Waals surface area contributed by atoms with Crippen LogP contribution in [-0.4, -0.2) is 23.0 Å². The number of rotatable bonds is 6. The third kappa shape index (κ3) is 5.01. The summed E-state index contributed by atoms with van der Waals surface area (Å²) in [7, 11) is 0. The second kappa shape index (κ2) is 7.81. The van der Waals surface area contributed by atoms with Crippen LogP contribution in [0, 0.1) is 17.3 Å². The fourth-order valence-electron chi connectivity index (χ4n) is 3.09. The van der Waals surface area contributed by atoms with Crippen molar-refractivity contribution >= 4 is 11.9 Å². The van der Waals surface area contributed by atoms with E-state index in [-0.39, 0.29) is 24.3 Å². The first kappa shape index (κ1) is 18.0. The molecular weight excluding hydrogens is 266 g/mol. The van der Waals surface area contributed by atoms with E-state index in [1.165, 1.54) is 38.5 Å². The number of hydrogen-bond donors (Lipinski definition) is 2. The maximum absolute atomic E-state index is 12.2. The minimum absolute atomic E-state index is 0.0526. The maximum Gasteiger partial charge on any atom is 0.310 e. The average Bonchev–Trinajstić information content (AvgIpc) is 2.66. The molecule has 0 bridgehead atoms. The van der Waals surface area contributed by atoms with E-state index in [0.29, 0.717) is 5.92 Å². The molecule has 0 radical (unpaired) electrons. The number of hydrogen-bond acceptors (Lipinski definition) is 2. The van der Waals surface area contributed by atoms with Crippen LogP contribution >= 0.6 is 0 Å². The highest BCUT2D eigenvalue weighted by Gasteiger charge is 2.39. The predicted octanol–water partition coefficient (Wildman–Crippen LogP) is 3.60. The van der Waals surface area contributed by atoms with Gasteiger partial charge in [-0.2, -0.15) is 0 Å². The Bertz CT molecular complexity index is 359. The lowest BCUT2D eigenvalue weighted by Crippen LogP contribution is -2.43. The Labute approximate surface area is 128 Å². The molecule has 1 unspecified atom stereocenters. The van der Waals surface area contributed by atoms with Crippen molar-refractivity contribution in [2.75, 3.05) is 0 Å². The molecule has 1 aliphatic rings. The molecular formula is C17H31NO3. The lowest BCUT2D eigenvalue weighted by Gasteiger charge is -2.30. The number of carboxylic acids is 1. The van der Waals surface area contributed by atoms with Crippen molar-refractivity contribution < 1.29 is 14.7 Å². The molecule has 1 amide bonds. The molecule has 0 aromatic rings. The molecule has 4 nitrogen and oxygen atoms in total. The first-order valence-corrected chi connectivity index (χ1v) is 8.30. The average molecular weight is 297 g/mol. The van der Waals surface area contributed by atoms with Crippen molar-refractivity contribution in [3.05, 3.63) is 0 Å². The van der Waals surface area contributed by atoms with E-state index in [2.05, 4.69) is 12.2 Å². The van der Waals surface area contributed by atoms with Crippen LogP contribution in [0.15, 0.2) is 0 Å². The topological polar surface area (TPSA) is 66.4 Å². The van der Waals surface area contributed by atoms with Crippen LogP contribution in [0.25, 0.3) is 0 Å². The maximum atomic E-state index is 12.2. The molecule has 0 aromatic heterocycles. The number of aliphatic carboxylic acids is 1. The standard InChI is InChI=1S/C17H31NO3/c1-12(2)17(4,16(20)21)11-15(19)18-13(3)14-9-7-5-6-8-10-14/h12-14H,5-11H2,1-4H3,(H,18,19)(H,20,21)/t13-,17?/m1/s1. The summed E-state index contributed by atoms with van der Waals surface area (Å²) in [5.74, 6) is -0.569. The number of carboxylic acid groups (broad SMARTS) is 1. The van der Waals surface area contributed by atoms with Crippen LogP contribution < -0.4 is 5.32 Å². The molecule has 122 valence electrons. The molecule has 1 fully saturated rings. The van der Waals surface area contributed by atoms with Crippen LogP contribution in [0.5, 0.6) is 0 Å². The highest BCUT2D eigenvalue weighted by molar-refractivity contribution is 5.85. The van der Waals surface area contributed by atoms with Gasteiger partial charge >= 0.3 is 5.97 Å². The van der Waals surface area contributed by atoms with Crippen LogP contribution in [0.2, 0.25) is 0 Å². The van der Waals surface area contributed by atoms with Crippen molar-refractivity contribution in [2.24, 2.45) is 17.3 Å². The van der Waals surface area contributed by atoms with E-state index in [4.69, 9.17) is 0 Å². The van der Waals surface area contributed by atoms with E-state index in [1.807, 2.05) is 13.8 Å². The quantitative estimate of drug-likeness (QED) is 0.736. The van der Waals surface area contributed by atoms with Crippen LogP contribution in [0.1, 0.15) is 72.6 Å². The van der Waals surface area contributed by atoms with Gasteiger partial charge < -0.3 is 10.4 Å². The Hall–Kier alpha value is -1.06. The Morgan fingerprint density at radius 2 is 1.67 bits per heavy atom. The molecule has 4 heteroatoms. The zero-order valence-corrected chi connectivity index (χ0v) is 13.9. The molecule has 0 aromatic carbocycles. The van der Waals surface area contributed by atoms with Gasteiger partial charge in [0.1, 0.15) is 0 Å². The number of nitrogens with one attached hydrogen (secondary N) is 1. The molecule has 1 rings (SSSR count). The van der Waals surface area contributed by atoms with Gasteiger partial charge in [-0.1, -0.05) is 39.5 Å². The molecule has 0 saturated heterocycles. The molecule has 21 heavy (non-hydrogen) atoms. The molecule has 1 saturated carbocycles. The molecule has 0 heterocycles. The SMILES string of the molecule is CC(C)C(C)(CC(=O)N[C@H](C)C1CCCCCC1)C(=O)O. The van der Waals surface area contributed by atoms with Gasteiger partial charge in [0.25, 0.3) is 0 Å². The van der Waals surface area contributed by atoms with E-state index < -0.39 is 11.4 Å². The van der Waals surface area contributed by atoms with Gasteiger partial charge in [0.05, 0.1) is 5.41 Å². The minimum atomic E-state index is -0.993. The van der Waals surface area contributed by atoms with Gasteiger partial charge in [-0.05, 0) is 38.5 Å². The van der Waals surface area contributed by atoms with Crippen molar-refractivity contribution in [3.8, 4) is 0 Å². The number of carbonyl (C=O) groups excluding carboxylic acids is 1. The van der Waals surface area contributed by atoms with Crippen LogP contribution in [0.4, 0.5) is 0 Å². The highest BCUT2D eigenvalue weighted by atomic mass is 16.4. The first-order valence-electron chi connectivity index (χ1n) is 8.30. The lowest BCUT2D eigenvalue weighted by molar-refractivity contribution is -0.153. The summed E-state index contributed by atoms with van der Waals surface area (Å²) in [6.45, 7) is 7.43. The van der Waals surface area contributed by atoms with Crippen molar-refractivity contribution in [3.63, 3.8) is 0 Å². The zero-order valence-electron chi connectivity index (χ0n) is 13.9. The predicted molar refractivity (Wildman–Crippen MR) is 84.0 cm³/mol. The fourth-order valence-corrected chi connectivity index (χ4v) is 3.09.